The predicted octanol–water partition coefficient (Wildman–Crippen LogP) is 1.01. The second kappa shape index (κ2) is 7.62. The summed E-state index contributed by atoms with van der Waals surface area (Å²) in [6, 6.07) is 2.40. The summed E-state index contributed by atoms with van der Waals surface area (Å²) in [6.45, 7) is 6.55. The zero-order valence-electron chi connectivity index (χ0n) is 13.7. The van der Waals surface area contributed by atoms with Crippen LogP contribution in [0.5, 0.6) is 5.75 Å². The first-order valence-corrected chi connectivity index (χ1v) is 7.19. The van der Waals surface area contributed by atoms with Crippen molar-refractivity contribution in [2.75, 3.05) is 6.61 Å². The number of carbonyl (C=O) groups excluding carboxylic acids is 2. The minimum atomic E-state index is -1.08. The van der Waals surface area contributed by atoms with Crippen molar-refractivity contribution in [1.29, 1.82) is 0 Å². The molecule has 0 aliphatic carbocycles. The number of hydrogen-bond acceptors (Lipinski definition) is 4. The zero-order chi connectivity index (χ0) is 17.7. The molecule has 0 fully saturated rings. The largest absolute Gasteiger partial charge is 0.481 e. The molecule has 2 amide bonds. The summed E-state index contributed by atoms with van der Waals surface area (Å²) in [5.74, 6) is -1.79. The van der Waals surface area contributed by atoms with E-state index in [-0.39, 0.29) is 5.92 Å². The highest BCUT2D eigenvalue weighted by molar-refractivity contribution is 5.97. The van der Waals surface area contributed by atoms with Crippen LogP contribution in [-0.4, -0.2) is 35.5 Å². The Labute approximate surface area is 134 Å². The van der Waals surface area contributed by atoms with Crippen LogP contribution in [0.2, 0.25) is 0 Å². The summed E-state index contributed by atoms with van der Waals surface area (Å²) in [5.41, 5.74) is 6.91. The third-order valence-electron chi connectivity index (χ3n) is 3.32. The Morgan fingerprint density at radius 2 is 1.74 bits per heavy atom. The molecular formula is C16H22N2O5. The molecule has 0 aliphatic rings. The Kier molecular flexibility index (Phi) is 6.12. The van der Waals surface area contributed by atoms with Crippen LogP contribution in [0, 0.1) is 19.8 Å². The Hall–Kier alpha value is -2.57. The molecule has 0 heterocycles. The number of carboxylic acids is 1. The molecule has 1 atom stereocenters. The first-order valence-electron chi connectivity index (χ1n) is 7.19. The van der Waals surface area contributed by atoms with Gasteiger partial charge in [-0.3, -0.25) is 9.59 Å². The SMILES string of the molecule is Cc1cc(C(=O)NC(C(N)=O)C(C)C)cc(C)c1OCC(=O)O. The molecule has 126 valence electrons. The second-order valence-corrected chi connectivity index (χ2v) is 5.72. The molecule has 0 aromatic heterocycles. The van der Waals surface area contributed by atoms with Gasteiger partial charge in [0.15, 0.2) is 6.61 Å². The summed E-state index contributed by atoms with van der Waals surface area (Å²) in [6.07, 6.45) is 0. The minimum absolute atomic E-state index is 0.128. The van der Waals surface area contributed by atoms with E-state index in [2.05, 4.69) is 5.32 Å². The fraction of sp³-hybridized carbons (Fsp3) is 0.438. The van der Waals surface area contributed by atoms with Crippen LogP contribution in [0.4, 0.5) is 0 Å². The van der Waals surface area contributed by atoms with Crippen molar-refractivity contribution < 1.29 is 24.2 Å². The van der Waals surface area contributed by atoms with Crippen LogP contribution >= 0.6 is 0 Å². The summed E-state index contributed by atoms with van der Waals surface area (Å²) in [4.78, 5) is 34.3. The van der Waals surface area contributed by atoms with Gasteiger partial charge in [0.25, 0.3) is 5.91 Å². The lowest BCUT2D eigenvalue weighted by Gasteiger charge is -2.19. The fourth-order valence-electron chi connectivity index (χ4n) is 2.23. The fourth-order valence-corrected chi connectivity index (χ4v) is 2.23. The number of primary amides is 1. The van der Waals surface area contributed by atoms with Crippen molar-refractivity contribution in [3.05, 3.63) is 28.8 Å². The number of carboxylic acid groups (broad SMARTS) is 1. The van der Waals surface area contributed by atoms with E-state index in [4.69, 9.17) is 15.6 Å². The highest BCUT2D eigenvalue weighted by atomic mass is 16.5. The molecule has 0 aliphatic heterocycles. The maximum absolute atomic E-state index is 12.3. The van der Waals surface area contributed by atoms with E-state index in [0.29, 0.717) is 22.4 Å². The highest BCUT2D eigenvalue weighted by Crippen LogP contribution is 2.25. The van der Waals surface area contributed by atoms with Crippen molar-refractivity contribution in [1.82, 2.24) is 5.32 Å². The lowest BCUT2D eigenvalue weighted by atomic mass is 10.0. The van der Waals surface area contributed by atoms with Gasteiger partial charge >= 0.3 is 5.97 Å². The number of carbonyl (C=O) groups is 3. The first-order chi connectivity index (χ1) is 10.6. The number of nitrogens with one attached hydrogen (secondary N) is 1. The molecule has 0 saturated carbocycles. The van der Waals surface area contributed by atoms with Crippen molar-refractivity contribution in [3.8, 4) is 5.75 Å². The molecule has 0 radical (unpaired) electrons. The van der Waals surface area contributed by atoms with Gasteiger partial charge in [-0.15, -0.1) is 0 Å². The first kappa shape index (κ1) is 18.5. The van der Waals surface area contributed by atoms with Gasteiger partial charge in [0.05, 0.1) is 0 Å². The van der Waals surface area contributed by atoms with Gasteiger partial charge in [0.2, 0.25) is 5.91 Å². The maximum atomic E-state index is 12.3. The van der Waals surface area contributed by atoms with Crippen LogP contribution in [0.15, 0.2) is 12.1 Å². The molecule has 7 nitrogen and oxygen atoms in total. The molecule has 0 saturated heterocycles. The van der Waals surface area contributed by atoms with Crippen molar-refractivity contribution in [2.24, 2.45) is 11.7 Å². The number of nitrogens with two attached hydrogens (primary N) is 1. The second-order valence-electron chi connectivity index (χ2n) is 5.72. The third-order valence-corrected chi connectivity index (χ3v) is 3.32. The van der Waals surface area contributed by atoms with Gasteiger partial charge in [-0.1, -0.05) is 13.8 Å². The summed E-state index contributed by atoms with van der Waals surface area (Å²) in [5, 5.41) is 11.3. The van der Waals surface area contributed by atoms with Gasteiger partial charge in [-0.05, 0) is 43.0 Å². The minimum Gasteiger partial charge on any atom is -0.481 e. The molecule has 1 rings (SSSR count). The van der Waals surface area contributed by atoms with E-state index in [1.54, 1.807) is 39.8 Å². The van der Waals surface area contributed by atoms with Crippen LogP contribution in [0.1, 0.15) is 35.3 Å². The predicted molar refractivity (Wildman–Crippen MR) is 84.3 cm³/mol. The molecule has 0 spiro atoms. The standard InChI is InChI=1S/C16H22N2O5/c1-8(2)13(15(17)21)18-16(22)11-5-9(3)14(10(4)6-11)23-7-12(19)20/h5-6,8,13H,7H2,1-4H3,(H2,17,21)(H,18,22)(H,19,20). The molecule has 23 heavy (non-hydrogen) atoms. The van der Waals surface area contributed by atoms with Crippen LogP contribution in [0.3, 0.4) is 0 Å². The van der Waals surface area contributed by atoms with Crippen LogP contribution in [-0.2, 0) is 9.59 Å². The molecule has 0 bridgehead atoms. The average molecular weight is 322 g/mol. The number of rotatable bonds is 7. The van der Waals surface area contributed by atoms with E-state index in [1.165, 1.54) is 0 Å². The maximum Gasteiger partial charge on any atom is 0.341 e. The third kappa shape index (κ3) is 4.98. The highest BCUT2D eigenvalue weighted by Gasteiger charge is 2.23. The number of ether oxygens (including phenoxy) is 1. The number of hydrogen-bond donors (Lipinski definition) is 3. The summed E-state index contributed by atoms with van der Waals surface area (Å²) < 4.78 is 5.22. The number of amides is 2. The normalized spacial score (nSPS) is 11.9. The summed E-state index contributed by atoms with van der Waals surface area (Å²) >= 11 is 0. The molecular weight excluding hydrogens is 300 g/mol. The van der Waals surface area contributed by atoms with Gasteiger partial charge in [0, 0.05) is 5.56 Å². The molecule has 4 N–H and O–H groups in total. The zero-order valence-corrected chi connectivity index (χ0v) is 13.7. The lowest BCUT2D eigenvalue weighted by molar-refractivity contribution is -0.139. The van der Waals surface area contributed by atoms with Crippen molar-refractivity contribution in [3.63, 3.8) is 0 Å². The molecule has 7 heteroatoms. The Bertz CT molecular complexity index is 602. The van der Waals surface area contributed by atoms with Gasteiger partial charge in [0.1, 0.15) is 11.8 Å². The Morgan fingerprint density at radius 3 is 2.13 bits per heavy atom. The molecule has 1 aromatic rings. The van der Waals surface area contributed by atoms with E-state index in [0.717, 1.165) is 0 Å². The van der Waals surface area contributed by atoms with Gasteiger partial charge in [-0.2, -0.15) is 0 Å². The van der Waals surface area contributed by atoms with E-state index < -0.39 is 30.4 Å². The van der Waals surface area contributed by atoms with Gasteiger partial charge < -0.3 is 20.9 Å². The molecule has 1 unspecified atom stereocenters. The molecule has 1 aromatic carbocycles. The van der Waals surface area contributed by atoms with Crippen molar-refractivity contribution >= 4 is 17.8 Å². The van der Waals surface area contributed by atoms with Gasteiger partial charge in [-0.25, -0.2) is 4.79 Å². The number of benzene rings is 1. The quantitative estimate of drug-likeness (QED) is 0.692. The van der Waals surface area contributed by atoms with Crippen LogP contribution in [0.25, 0.3) is 0 Å². The smallest absolute Gasteiger partial charge is 0.341 e. The van der Waals surface area contributed by atoms with Crippen LogP contribution < -0.4 is 15.8 Å². The number of aliphatic carboxylic acids is 1. The Balaban J connectivity index is 2.99. The van der Waals surface area contributed by atoms with E-state index >= 15 is 0 Å². The average Bonchev–Trinajstić information content (AvgIpc) is 2.42. The summed E-state index contributed by atoms with van der Waals surface area (Å²) in [7, 11) is 0. The van der Waals surface area contributed by atoms with E-state index in [1.807, 2.05) is 0 Å². The Morgan fingerprint density at radius 1 is 1.22 bits per heavy atom. The lowest BCUT2D eigenvalue weighted by Crippen LogP contribution is -2.47. The van der Waals surface area contributed by atoms with E-state index in [9.17, 15) is 14.4 Å². The van der Waals surface area contributed by atoms with Crippen molar-refractivity contribution in [2.45, 2.75) is 33.7 Å². The monoisotopic (exact) mass is 322 g/mol. The number of aryl methyl sites for hydroxylation is 2. The topological polar surface area (TPSA) is 119 Å².